The molecule has 0 saturated carbocycles. The monoisotopic (exact) mass is 365 g/mol. The predicted molar refractivity (Wildman–Crippen MR) is 99.0 cm³/mol. The zero-order valence-electron chi connectivity index (χ0n) is 15.2. The first-order valence-corrected chi connectivity index (χ1v) is 8.60. The van der Waals surface area contributed by atoms with Crippen molar-refractivity contribution in [2.75, 3.05) is 32.5 Å². The summed E-state index contributed by atoms with van der Waals surface area (Å²) in [6.07, 6.45) is 0.829. The number of esters is 2. The van der Waals surface area contributed by atoms with Crippen LogP contribution in [0.4, 0.5) is 5.69 Å². The summed E-state index contributed by atoms with van der Waals surface area (Å²) in [5.74, 6) is -1.20. The van der Waals surface area contributed by atoms with E-state index in [9.17, 15) is 9.59 Å². The summed E-state index contributed by atoms with van der Waals surface area (Å²) in [6, 6.07) is 14.3. The third-order valence-electron chi connectivity index (χ3n) is 4.92. The molecule has 0 aromatic heterocycles. The number of carbonyl (C=O) groups is 2. The van der Waals surface area contributed by atoms with Crippen molar-refractivity contribution in [1.29, 1.82) is 0 Å². The number of hydrogen-bond acceptors (Lipinski definition) is 6. The molecule has 0 saturated heterocycles. The first-order chi connectivity index (χ1) is 13.1. The van der Waals surface area contributed by atoms with Crippen LogP contribution in [0.3, 0.4) is 0 Å². The molecule has 1 heterocycles. The second kappa shape index (κ2) is 6.89. The lowest BCUT2D eigenvalue weighted by Crippen LogP contribution is -2.38. The minimum Gasteiger partial charge on any atom is -0.466 e. The molecular formula is C21H19NO5. The third-order valence-corrected chi connectivity index (χ3v) is 4.92. The Bertz CT molecular complexity index is 963. The Labute approximate surface area is 156 Å². The molecule has 138 valence electrons. The van der Waals surface area contributed by atoms with Crippen molar-refractivity contribution in [2.45, 2.75) is 6.42 Å². The summed E-state index contributed by atoms with van der Waals surface area (Å²) in [5.41, 5.74) is 5.94. The van der Waals surface area contributed by atoms with Gasteiger partial charge in [0.05, 0.1) is 26.4 Å². The summed E-state index contributed by atoms with van der Waals surface area (Å²) in [6.45, 7) is 0.153. The zero-order valence-corrected chi connectivity index (χ0v) is 15.2. The Balaban J connectivity index is 1.77. The first-order valence-electron chi connectivity index (χ1n) is 8.60. The Kier molecular flexibility index (Phi) is 4.41. The fourth-order valence-electron chi connectivity index (χ4n) is 3.65. The third kappa shape index (κ3) is 2.88. The van der Waals surface area contributed by atoms with Crippen LogP contribution in [0.15, 0.2) is 53.7 Å². The molecule has 27 heavy (non-hydrogen) atoms. The van der Waals surface area contributed by atoms with Gasteiger partial charge in [-0.15, -0.1) is 0 Å². The quantitative estimate of drug-likeness (QED) is 0.665. The van der Waals surface area contributed by atoms with E-state index in [0.717, 1.165) is 12.1 Å². The molecule has 0 amide bonds. The van der Waals surface area contributed by atoms with E-state index in [1.54, 1.807) is 4.90 Å². The molecule has 2 aliphatic rings. The van der Waals surface area contributed by atoms with Crippen LogP contribution < -0.4 is 4.90 Å². The fourth-order valence-corrected chi connectivity index (χ4v) is 3.65. The van der Waals surface area contributed by atoms with E-state index in [1.165, 1.54) is 36.5 Å². The van der Waals surface area contributed by atoms with Crippen LogP contribution in [0.1, 0.15) is 11.1 Å². The smallest absolute Gasteiger partial charge is 0.355 e. The number of ether oxygens (including phenoxy) is 3. The minimum atomic E-state index is -0.603. The second-order valence-electron chi connectivity index (χ2n) is 6.39. The topological polar surface area (TPSA) is 65.1 Å². The summed E-state index contributed by atoms with van der Waals surface area (Å²) < 4.78 is 15.2. The number of fused-ring (bicyclic) bond motifs is 3. The Morgan fingerprint density at radius 2 is 1.70 bits per heavy atom. The highest BCUT2D eigenvalue weighted by Gasteiger charge is 2.33. The number of nitrogens with zero attached hydrogens (tertiary/aromatic N) is 1. The summed E-state index contributed by atoms with van der Waals surface area (Å²) in [5, 5.41) is 0. The molecule has 6 nitrogen and oxygen atoms in total. The van der Waals surface area contributed by atoms with Crippen LogP contribution in [0.5, 0.6) is 0 Å². The molecule has 1 aliphatic carbocycles. The molecule has 2 aromatic carbocycles. The number of benzene rings is 2. The van der Waals surface area contributed by atoms with Crippen LogP contribution in [0, 0.1) is 0 Å². The Hall–Kier alpha value is -3.12. The Morgan fingerprint density at radius 1 is 0.963 bits per heavy atom. The highest BCUT2D eigenvalue weighted by atomic mass is 16.5. The second-order valence-corrected chi connectivity index (χ2v) is 6.39. The molecule has 4 rings (SSSR count). The van der Waals surface area contributed by atoms with Gasteiger partial charge in [0.1, 0.15) is 12.4 Å². The van der Waals surface area contributed by atoms with Gasteiger partial charge in [-0.2, -0.15) is 0 Å². The largest absolute Gasteiger partial charge is 0.466 e. The van der Waals surface area contributed by atoms with Gasteiger partial charge < -0.3 is 19.1 Å². The van der Waals surface area contributed by atoms with E-state index in [-0.39, 0.29) is 24.6 Å². The van der Waals surface area contributed by atoms with Crippen LogP contribution in [-0.4, -0.2) is 39.5 Å². The molecule has 0 fully saturated rings. The van der Waals surface area contributed by atoms with E-state index >= 15 is 0 Å². The maximum atomic E-state index is 12.4. The van der Waals surface area contributed by atoms with Gasteiger partial charge in [0.2, 0.25) is 0 Å². The average molecular weight is 365 g/mol. The molecule has 0 unspecified atom stereocenters. The van der Waals surface area contributed by atoms with E-state index in [4.69, 9.17) is 14.2 Å². The molecule has 0 atom stereocenters. The molecule has 6 heteroatoms. The molecule has 0 radical (unpaired) electrons. The van der Waals surface area contributed by atoms with Crippen LogP contribution in [0.25, 0.3) is 11.1 Å². The lowest BCUT2D eigenvalue weighted by Gasteiger charge is -2.31. The van der Waals surface area contributed by atoms with Gasteiger partial charge in [-0.3, -0.25) is 0 Å². The lowest BCUT2D eigenvalue weighted by atomic mass is 10.0. The zero-order chi connectivity index (χ0) is 19.0. The van der Waals surface area contributed by atoms with Gasteiger partial charge in [0, 0.05) is 5.69 Å². The fraction of sp³-hybridized carbons (Fsp3) is 0.238. The average Bonchev–Trinajstić information content (AvgIpc) is 3.09. The van der Waals surface area contributed by atoms with Crippen molar-refractivity contribution < 1.29 is 23.8 Å². The summed E-state index contributed by atoms with van der Waals surface area (Å²) >= 11 is 0. The molecule has 2 aromatic rings. The maximum absolute atomic E-state index is 12.4. The number of anilines is 1. The van der Waals surface area contributed by atoms with Crippen molar-refractivity contribution in [3.63, 3.8) is 0 Å². The molecule has 1 aliphatic heterocycles. The van der Waals surface area contributed by atoms with E-state index < -0.39 is 11.9 Å². The van der Waals surface area contributed by atoms with Crippen LogP contribution in [-0.2, 0) is 30.2 Å². The molecule has 0 N–H and O–H groups in total. The van der Waals surface area contributed by atoms with E-state index in [2.05, 4.69) is 12.1 Å². The highest BCUT2D eigenvalue weighted by molar-refractivity contribution is 6.03. The highest BCUT2D eigenvalue weighted by Crippen LogP contribution is 2.39. The normalized spacial score (nSPS) is 15.3. The van der Waals surface area contributed by atoms with Gasteiger partial charge in [0.15, 0.2) is 0 Å². The summed E-state index contributed by atoms with van der Waals surface area (Å²) in [7, 11) is 2.56. The first kappa shape index (κ1) is 17.3. The number of carbonyl (C=O) groups excluding carboxylic acids is 2. The lowest BCUT2D eigenvalue weighted by molar-refractivity contribution is -0.140. The van der Waals surface area contributed by atoms with Gasteiger partial charge in [-0.1, -0.05) is 30.3 Å². The number of methoxy groups -OCH3 is 2. The van der Waals surface area contributed by atoms with Crippen LogP contribution in [0.2, 0.25) is 0 Å². The standard InChI is InChI=1S/C21H19NO5/c1-25-20(23)18-11-27-12-22(19(18)21(24)26-2)15-7-8-17-14(10-15)9-13-5-3-4-6-16(13)17/h3-8,10H,9,11-12H2,1-2H3. The van der Waals surface area contributed by atoms with Gasteiger partial charge in [0.25, 0.3) is 0 Å². The van der Waals surface area contributed by atoms with Crippen molar-refractivity contribution in [2.24, 2.45) is 0 Å². The Morgan fingerprint density at radius 3 is 2.48 bits per heavy atom. The molecule has 0 bridgehead atoms. The van der Waals surface area contributed by atoms with Crippen molar-refractivity contribution in [1.82, 2.24) is 0 Å². The van der Waals surface area contributed by atoms with Gasteiger partial charge >= 0.3 is 11.9 Å². The molecule has 0 spiro atoms. The maximum Gasteiger partial charge on any atom is 0.355 e. The van der Waals surface area contributed by atoms with Crippen molar-refractivity contribution >= 4 is 17.6 Å². The number of hydrogen-bond donors (Lipinski definition) is 0. The molecular weight excluding hydrogens is 346 g/mol. The van der Waals surface area contributed by atoms with E-state index in [0.29, 0.717) is 0 Å². The predicted octanol–water partition coefficient (Wildman–Crippen LogP) is 2.65. The van der Waals surface area contributed by atoms with Crippen LogP contribution >= 0.6 is 0 Å². The van der Waals surface area contributed by atoms with E-state index in [1.807, 2.05) is 30.3 Å². The SMILES string of the molecule is COC(=O)C1=C(C(=O)OC)N(c2ccc3c(c2)Cc2ccccc2-3)COC1. The van der Waals surface area contributed by atoms with Crippen molar-refractivity contribution in [3.05, 3.63) is 64.9 Å². The number of rotatable bonds is 3. The summed E-state index contributed by atoms with van der Waals surface area (Å²) in [4.78, 5) is 26.2. The van der Waals surface area contributed by atoms with Gasteiger partial charge in [-0.25, -0.2) is 9.59 Å². The van der Waals surface area contributed by atoms with Gasteiger partial charge in [-0.05, 0) is 40.8 Å². The van der Waals surface area contributed by atoms with Crippen molar-refractivity contribution in [3.8, 4) is 11.1 Å². The minimum absolute atomic E-state index is 0.00396.